The normalized spacial score (nSPS) is 13.7. The molecule has 39 heavy (non-hydrogen) atoms. The molecule has 0 atom stereocenters. The van der Waals surface area contributed by atoms with Gasteiger partial charge in [0.25, 0.3) is 5.56 Å². The summed E-state index contributed by atoms with van der Waals surface area (Å²) in [6.45, 7) is 12.1. The zero-order valence-electron chi connectivity index (χ0n) is 22.6. The molecular weight excluding hydrogens is 512 g/mol. The second-order valence-corrected chi connectivity index (χ2v) is 12.6. The molecule has 0 fully saturated rings. The van der Waals surface area contributed by atoms with E-state index in [-0.39, 0.29) is 12.1 Å². The number of aromatic nitrogens is 5. The fraction of sp³-hybridized carbons (Fsp3) is 0.286. The molecule has 10 nitrogen and oxygen atoms in total. The van der Waals surface area contributed by atoms with Crippen LogP contribution in [-0.4, -0.2) is 59.5 Å². The molecule has 0 spiro atoms. The Balaban J connectivity index is 1.64. The summed E-state index contributed by atoms with van der Waals surface area (Å²) in [5.74, 6) is 1.07. The van der Waals surface area contributed by atoms with E-state index >= 15 is 0 Å². The third-order valence-electron chi connectivity index (χ3n) is 6.47. The molecule has 0 amide bonds. The maximum Gasteiger partial charge on any atom is 0.278 e. The monoisotopic (exact) mass is 544 g/mol. The van der Waals surface area contributed by atoms with Gasteiger partial charge in [-0.05, 0) is 61.3 Å². The first kappa shape index (κ1) is 26.5. The van der Waals surface area contributed by atoms with Gasteiger partial charge in [0.2, 0.25) is 5.95 Å². The van der Waals surface area contributed by atoms with Gasteiger partial charge in [-0.3, -0.25) is 4.79 Å². The van der Waals surface area contributed by atoms with Crippen molar-refractivity contribution in [2.24, 2.45) is 4.36 Å². The molecule has 202 valence electrons. The lowest BCUT2D eigenvalue weighted by atomic mass is 9.91. The summed E-state index contributed by atoms with van der Waals surface area (Å²) in [6, 6.07) is 9.38. The smallest absolute Gasteiger partial charge is 0.278 e. The lowest BCUT2D eigenvalue weighted by molar-refractivity contribution is 0.313. The zero-order chi connectivity index (χ0) is 27.9. The Hall–Kier alpha value is -4.09. The highest BCUT2D eigenvalue weighted by Gasteiger charge is 2.20. The van der Waals surface area contributed by atoms with E-state index in [1.54, 1.807) is 41.5 Å². The van der Waals surface area contributed by atoms with Gasteiger partial charge < -0.3 is 10.2 Å². The van der Waals surface area contributed by atoms with Crippen LogP contribution in [-0.2, 0) is 29.2 Å². The van der Waals surface area contributed by atoms with Gasteiger partial charge in [0.1, 0.15) is 5.39 Å². The second-order valence-electron chi connectivity index (χ2n) is 10.1. The van der Waals surface area contributed by atoms with Gasteiger partial charge in [-0.15, -0.1) is 6.58 Å². The Kier molecular flexibility index (Phi) is 6.96. The van der Waals surface area contributed by atoms with Gasteiger partial charge in [-0.25, -0.2) is 23.5 Å². The quantitative estimate of drug-likeness (QED) is 0.346. The van der Waals surface area contributed by atoms with Crippen molar-refractivity contribution < 1.29 is 4.21 Å². The highest BCUT2D eigenvalue weighted by atomic mass is 32.2. The zero-order valence-corrected chi connectivity index (χ0v) is 23.5. The van der Waals surface area contributed by atoms with Crippen molar-refractivity contribution in [2.45, 2.75) is 26.4 Å². The van der Waals surface area contributed by atoms with Gasteiger partial charge in [0, 0.05) is 47.2 Å². The Morgan fingerprint density at radius 1 is 1.26 bits per heavy atom. The molecule has 1 N–H and O–H groups in total. The minimum Gasteiger partial charge on any atom is -0.324 e. The molecule has 4 aromatic rings. The molecule has 1 aliphatic rings. The first-order valence-corrected chi connectivity index (χ1v) is 14.9. The molecule has 1 aromatic carbocycles. The fourth-order valence-corrected chi connectivity index (χ4v) is 5.39. The number of benzene rings is 1. The van der Waals surface area contributed by atoms with Crippen molar-refractivity contribution in [3.05, 3.63) is 82.8 Å². The number of pyridine rings is 1. The highest BCUT2D eigenvalue weighted by Crippen LogP contribution is 2.31. The number of nitrogens with zero attached hydrogens (tertiary/aromatic N) is 7. The number of likely N-dealkylation sites (N-methyl/N-ethyl adjacent to an activating group) is 1. The minimum absolute atomic E-state index is 0.236. The molecule has 0 saturated carbocycles. The molecule has 0 bridgehead atoms. The lowest BCUT2D eigenvalue weighted by Crippen LogP contribution is -2.27. The number of fused-ring (bicyclic) bond motifs is 2. The predicted octanol–water partition coefficient (Wildman–Crippen LogP) is 4.29. The number of allylic oxidation sites excluding steroid dienone is 2. The third-order valence-corrected chi connectivity index (χ3v) is 7.10. The largest absolute Gasteiger partial charge is 0.324 e. The summed E-state index contributed by atoms with van der Waals surface area (Å²) in [5, 5.41) is 3.68. The van der Waals surface area contributed by atoms with Gasteiger partial charge >= 0.3 is 0 Å². The number of nitrogens with one attached hydrogen (secondary N) is 1. The van der Waals surface area contributed by atoms with E-state index in [2.05, 4.69) is 56.9 Å². The first-order chi connectivity index (χ1) is 18.5. The number of hydrogen-bond donors (Lipinski definition) is 1. The Bertz CT molecular complexity index is 1800. The number of hydrogen-bond acceptors (Lipinski definition) is 8. The second kappa shape index (κ2) is 10.2. The van der Waals surface area contributed by atoms with Crippen LogP contribution in [0.5, 0.6) is 0 Å². The maximum absolute atomic E-state index is 13.3. The molecule has 5 rings (SSSR count). The third kappa shape index (κ3) is 5.41. The maximum atomic E-state index is 13.3. The molecular formula is C28H32N8O2S. The summed E-state index contributed by atoms with van der Waals surface area (Å²) >= 11 is 0. The SMILES string of the molecule is C=CCn1c(=O)c2cnc(Nc3cc4c(c(C(=C)C)c3)CCN(C)C4)nc2n1-c1cccc(N=S(C)(C)=O)n1. The summed E-state index contributed by atoms with van der Waals surface area (Å²) in [4.78, 5) is 29.3. The van der Waals surface area contributed by atoms with Crippen molar-refractivity contribution in [3.8, 4) is 5.82 Å². The van der Waals surface area contributed by atoms with Crippen LogP contribution in [0.3, 0.4) is 0 Å². The lowest BCUT2D eigenvalue weighted by Gasteiger charge is -2.28. The van der Waals surface area contributed by atoms with Gasteiger partial charge in [-0.2, -0.15) is 9.35 Å². The van der Waals surface area contributed by atoms with Gasteiger partial charge in [0.05, 0.1) is 6.54 Å². The van der Waals surface area contributed by atoms with Crippen molar-refractivity contribution >= 4 is 43.8 Å². The first-order valence-electron chi connectivity index (χ1n) is 12.6. The predicted molar refractivity (Wildman–Crippen MR) is 158 cm³/mol. The average Bonchev–Trinajstić information content (AvgIpc) is 3.13. The van der Waals surface area contributed by atoms with Crippen LogP contribution >= 0.6 is 0 Å². The summed E-state index contributed by atoms with van der Waals surface area (Å²) < 4.78 is 19.6. The van der Waals surface area contributed by atoms with E-state index in [0.717, 1.165) is 36.3 Å². The fourth-order valence-electron chi connectivity index (χ4n) is 4.84. The molecule has 1 aliphatic heterocycles. The van der Waals surface area contributed by atoms with Gasteiger partial charge in [-0.1, -0.05) is 24.3 Å². The van der Waals surface area contributed by atoms with Crippen molar-refractivity contribution in [1.29, 1.82) is 0 Å². The molecule has 4 heterocycles. The van der Waals surface area contributed by atoms with Crippen LogP contribution in [0.15, 0.2) is 64.9 Å². The van der Waals surface area contributed by atoms with E-state index in [1.807, 2.05) is 6.92 Å². The minimum atomic E-state index is -2.42. The molecule has 0 saturated heterocycles. The topological polar surface area (TPSA) is 110 Å². The van der Waals surface area contributed by atoms with Crippen LogP contribution in [0.4, 0.5) is 17.5 Å². The van der Waals surface area contributed by atoms with E-state index in [1.165, 1.54) is 22.0 Å². The Morgan fingerprint density at radius 2 is 2.05 bits per heavy atom. The molecule has 11 heteroatoms. The van der Waals surface area contributed by atoms with Crippen molar-refractivity contribution in [2.75, 3.05) is 31.4 Å². The average molecular weight is 545 g/mol. The summed E-state index contributed by atoms with van der Waals surface area (Å²) in [6.07, 6.45) is 7.22. The number of rotatable bonds is 7. The molecule has 3 aromatic heterocycles. The molecule has 0 aliphatic carbocycles. The number of anilines is 2. The highest BCUT2D eigenvalue weighted by molar-refractivity contribution is 7.92. The van der Waals surface area contributed by atoms with Crippen LogP contribution in [0, 0.1) is 0 Å². The van der Waals surface area contributed by atoms with Crippen LogP contribution in [0.1, 0.15) is 23.6 Å². The Morgan fingerprint density at radius 3 is 2.77 bits per heavy atom. The van der Waals surface area contributed by atoms with E-state index in [0.29, 0.717) is 28.6 Å². The van der Waals surface area contributed by atoms with Crippen LogP contribution in [0.2, 0.25) is 0 Å². The van der Waals surface area contributed by atoms with E-state index in [9.17, 15) is 9.00 Å². The van der Waals surface area contributed by atoms with Crippen LogP contribution in [0.25, 0.3) is 22.4 Å². The van der Waals surface area contributed by atoms with Gasteiger partial charge in [0.15, 0.2) is 17.3 Å². The molecule has 0 unspecified atom stereocenters. The van der Waals surface area contributed by atoms with Crippen LogP contribution < -0.4 is 10.9 Å². The van der Waals surface area contributed by atoms with Crippen molar-refractivity contribution in [1.82, 2.24) is 29.2 Å². The Labute approximate surface area is 227 Å². The summed E-state index contributed by atoms with van der Waals surface area (Å²) in [5.41, 5.74) is 5.68. The van der Waals surface area contributed by atoms with E-state index in [4.69, 9.17) is 4.98 Å². The standard InChI is InChI=1S/C28H32N8O2S/c1-7-12-35-27(37)23-16-29-28(30-20-14-19-17-34(4)13-11-21(19)22(15-20)18(2)3)32-26(23)36(35)25-10-8-9-24(31-25)33-39(5,6)38/h7-10,14-16H,1-2,11-13,17H2,3-6H3,(H,29,30,32). The van der Waals surface area contributed by atoms with E-state index < -0.39 is 9.73 Å². The summed E-state index contributed by atoms with van der Waals surface area (Å²) in [7, 11) is -0.307. The van der Waals surface area contributed by atoms with Crippen molar-refractivity contribution in [3.63, 3.8) is 0 Å². The molecule has 0 radical (unpaired) electrons.